The van der Waals surface area contributed by atoms with E-state index in [0.29, 0.717) is 17.0 Å². The van der Waals surface area contributed by atoms with Crippen LogP contribution in [-0.4, -0.2) is 37.6 Å². The lowest BCUT2D eigenvalue weighted by Gasteiger charge is -2.32. The summed E-state index contributed by atoms with van der Waals surface area (Å²) in [5.74, 6) is -0.394. The maximum absolute atomic E-state index is 12.6. The molecule has 2 rings (SSSR count). The Kier molecular flexibility index (Phi) is 6.13. The number of fused-ring (bicyclic) bond motifs is 1. The molecule has 0 aliphatic carbocycles. The molecule has 1 aliphatic rings. The van der Waals surface area contributed by atoms with E-state index < -0.39 is 21.4 Å². The second-order valence-electron chi connectivity index (χ2n) is 6.06. The molecule has 0 spiro atoms. The van der Waals surface area contributed by atoms with Crippen molar-refractivity contribution in [2.45, 2.75) is 43.2 Å². The van der Waals surface area contributed by atoms with Gasteiger partial charge in [-0.25, -0.2) is 8.42 Å². The number of nitrogens with two attached hydrogens (primary N) is 1. The summed E-state index contributed by atoms with van der Waals surface area (Å²) in [6.07, 6.45) is 1.32. The molecule has 0 radical (unpaired) electrons. The number of sulfone groups is 1. The Morgan fingerprint density at radius 2 is 2.09 bits per heavy atom. The van der Waals surface area contributed by atoms with Gasteiger partial charge in [-0.3, -0.25) is 4.79 Å². The molecule has 2 unspecified atom stereocenters. The Morgan fingerprint density at radius 3 is 2.65 bits per heavy atom. The first-order valence-electron chi connectivity index (χ1n) is 7.18. The van der Waals surface area contributed by atoms with Gasteiger partial charge in [0.2, 0.25) is 5.91 Å². The number of rotatable bonds is 4. The molecule has 1 aliphatic heterocycles. The number of nitrogens with zero attached hydrogens (tertiary/aromatic N) is 1. The Balaban J connectivity index is 0.00000264. The minimum atomic E-state index is -3.40. The van der Waals surface area contributed by atoms with E-state index in [0.717, 1.165) is 6.42 Å². The van der Waals surface area contributed by atoms with Crippen LogP contribution in [0, 0.1) is 0 Å². The van der Waals surface area contributed by atoms with Gasteiger partial charge in [0.15, 0.2) is 9.84 Å². The van der Waals surface area contributed by atoms with Crippen LogP contribution in [0.1, 0.15) is 38.3 Å². The molecule has 0 saturated heterocycles. The fourth-order valence-electron chi connectivity index (χ4n) is 2.94. The molecule has 2 N–H and O–H groups in total. The molecule has 0 bridgehead atoms. The quantitative estimate of drug-likeness (QED) is 0.869. The molecule has 130 valence electrons. The molecule has 23 heavy (non-hydrogen) atoms. The van der Waals surface area contributed by atoms with E-state index in [1.807, 2.05) is 6.92 Å². The molecule has 1 aromatic carbocycles. The van der Waals surface area contributed by atoms with Gasteiger partial charge in [0.25, 0.3) is 0 Å². The van der Waals surface area contributed by atoms with Crippen molar-refractivity contribution in [1.82, 2.24) is 4.90 Å². The topological polar surface area (TPSA) is 80.5 Å². The second kappa shape index (κ2) is 6.97. The van der Waals surface area contributed by atoms with Gasteiger partial charge in [0.1, 0.15) is 0 Å². The first kappa shape index (κ1) is 20.2. The van der Waals surface area contributed by atoms with Gasteiger partial charge in [-0.05, 0) is 37.1 Å². The molecule has 2 atom stereocenters. The van der Waals surface area contributed by atoms with Crippen molar-refractivity contribution in [3.63, 3.8) is 0 Å². The van der Waals surface area contributed by atoms with Crippen LogP contribution in [-0.2, 0) is 14.6 Å². The number of likely N-dealkylation sites (N-methyl/N-ethyl adjacent to an activating group) is 1. The van der Waals surface area contributed by atoms with Crippen LogP contribution in [0.5, 0.6) is 0 Å². The van der Waals surface area contributed by atoms with E-state index >= 15 is 0 Å². The molecule has 1 heterocycles. The van der Waals surface area contributed by atoms with Crippen molar-refractivity contribution in [3.8, 4) is 0 Å². The predicted molar refractivity (Wildman–Crippen MR) is 93.8 cm³/mol. The maximum Gasteiger partial charge on any atom is 0.242 e. The molecule has 1 amide bonds. The summed E-state index contributed by atoms with van der Waals surface area (Å²) in [6, 6.07) is 4.11. The van der Waals surface area contributed by atoms with E-state index in [1.54, 1.807) is 26.1 Å². The molecular formula is C15H22Cl2N2O3S. The predicted octanol–water partition coefficient (Wildman–Crippen LogP) is 2.57. The summed E-state index contributed by atoms with van der Waals surface area (Å²) in [6.45, 7) is 3.63. The summed E-state index contributed by atoms with van der Waals surface area (Å²) >= 11 is 5.98. The number of carbonyl (C=O) groups excluding carboxylic acids is 1. The molecule has 0 aromatic heterocycles. The highest BCUT2D eigenvalue weighted by Crippen LogP contribution is 2.38. The van der Waals surface area contributed by atoms with E-state index in [4.69, 9.17) is 17.3 Å². The number of hydrogen-bond acceptors (Lipinski definition) is 4. The highest BCUT2D eigenvalue weighted by molar-refractivity contribution is 7.91. The van der Waals surface area contributed by atoms with Crippen LogP contribution in [0.2, 0.25) is 5.02 Å². The van der Waals surface area contributed by atoms with Crippen molar-refractivity contribution in [2.75, 3.05) is 12.8 Å². The van der Waals surface area contributed by atoms with Gasteiger partial charge in [-0.1, -0.05) is 24.9 Å². The minimum Gasteiger partial charge on any atom is -0.336 e. The largest absolute Gasteiger partial charge is 0.336 e. The number of hydrogen-bond donors (Lipinski definition) is 1. The monoisotopic (exact) mass is 380 g/mol. The summed E-state index contributed by atoms with van der Waals surface area (Å²) in [5.41, 5.74) is 5.65. The zero-order valence-electron chi connectivity index (χ0n) is 13.4. The number of benzene rings is 1. The normalized spacial score (nSPS) is 21.0. The Labute approximate surface area is 148 Å². The standard InChI is InChI=1S/C15H21ClN2O3S.ClH/c1-4-7-15(2,17)14(19)18(3)12-9-22(20,21)13-6-5-10(16)8-11(12)13;/h5-6,8,12H,4,7,9,17H2,1-3H3;1H. The van der Waals surface area contributed by atoms with E-state index in [1.165, 1.54) is 11.0 Å². The Morgan fingerprint density at radius 1 is 1.48 bits per heavy atom. The Hall–Kier alpha value is -0.820. The van der Waals surface area contributed by atoms with Crippen LogP contribution >= 0.6 is 24.0 Å². The SMILES string of the molecule is CCCC(C)(N)C(=O)N(C)C1CS(=O)(=O)c2ccc(Cl)cc21.Cl. The average Bonchev–Trinajstić information content (AvgIpc) is 2.68. The molecule has 1 aromatic rings. The summed E-state index contributed by atoms with van der Waals surface area (Å²) in [5, 5.41) is 0.450. The van der Waals surface area contributed by atoms with Gasteiger partial charge >= 0.3 is 0 Å². The summed E-state index contributed by atoms with van der Waals surface area (Å²) in [4.78, 5) is 14.3. The third kappa shape index (κ3) is 3.82. The molecule has 8 heteroatoms. The average molecular weight is 381 g/mol. The van der Waals surface area contributed by atoms with Crippen molar-refractivity contribution >= 4 is 39.8 Å². The zero-order chi connectivity index (χ0) is 16.7. The van der Waals surface area contributed by atoms with Gasteiger partial charge in [0, 0.05) is 12.1 Å². The van der Waals surface area contributed by atoms with Gasteiger partial charge in [-0.2, -0.15) is 0 Å². The summed E-state index contributed by atoms with van der Waals surface area (Å²) < 4.78 is 24.5. The minimum absolute atomic E-state index is 0. The van der Waals surface area contributed by atoms with Crippen LogP contribution in [0.15, 0.2) is 23.1 Å². The van der Waals surface area contributed by atoms with Crippen molar-refractivity contribution in [2.24, 2.45) is 5.73 Å². The van der Waals surface area contributed by atoms with Crippen LogP contribution in [0.25, 0.3) is 0 Å². The highest BCUT2D eigenvalue weighted by Gasteiger charge is 2.41. The van der Waals surface area contributed by atoms with Gasteiger partial charge in [0.05, 0.1) is 22.2 Å². The van der Waals surface area contributed by atoms with Crippen LogP contribution in [0.4, 0.5) is 0 Å². The molecule has 5 nitrogen and oxygen atoms in total. The van der Waals surface area contributed by atoms with Crippen molar-refractivity contribution in [1.29, 1.82) is 0 Å². The summed E-state index contributed by atoms with van der Waals surface area (Å²) in [7, 11) is -1.80. The lowest BCUT2D eigenvalue weighted by molar-refractivity contribution is -0.137. The first-order chi connectivity index (χ1) is 10.1. The second-order valence-corrected chi connectivity index (χ2v) is 8.50. The third-order valence-corrected chi connectivity index (χ3v) is 6.12. The lowest BCUT2D eigenvalue weighted by Crippen LogP contribution is -2.53. The number of halogens is 2. The van der Waals surface area contributed by atoms with Gasteiger partial charge in [-0.15, -0.1) is 12.4 Å². The highest BCUT2D eigenvalue weighted by atomic mass is 35.5. The van der Waals surface area contributed by atoms with Crippen molar-refractivity contribution < 1.29 is 13.2 Å². The third-order valence-electron chi connectivity index (χ3n) is 4.09. The first-order valence-corrected chi connectivity index (χ1v) is 9.21. The lowest BCUT2D eigenvalue weighted by atomic mass is 9.94. The van der Waals surface area contributed by atoms with E-state index in [9.17, 15) is 13.2 Å². The zero-order valence-corrected chi connectivity index (χ0v) is 15.8. The smallest absolute Gasteiger partial charge is 0.242 e. The molecular weight excluding hydrogens is 359 g/mol. The number of carbonyl (C=O) groups is 1. The van der Waals surface area contributed by atoms with Crippen LogP contribution in [0.3, 0.4) is 0 Å². The molecule has 0 fully saturated rings. The fraction of sp³-hybridized carbons (Fsp3) is 0.533. The van der Waals surface area contributed by atoms with E-state index in [2.05, 4.69) is 0 Å². The van der Waals surface area contributed by atoms with E-state index in [-0.39, 0.29) is 29.0 Å². The molecule has 0 saturated carbocycles. The maximum atomic E-state index is 12.6. The van der Waals surface area contributed by atoms with Crippen LogP contribution < -0.4 is 5.73 Å². The van der Waals surface area contributed by atoms with Gasteiger partial charge < -0.3 is 10.6 Å². The number of amides is 1. The van der Waals surface area contributed by atoms with Crippen molar-refractivity contribution in [3.05, 3.63) is 28.8 Å². The fourth-order valence-corrected chi connectivity index (χ4v) is 4.95. The Bertz CT molecular complexity index is 705.